The number of amides is 1. The van der Waals surface area contributed by atoms with Gasteiger partial charge in [-0.15, -0.1) is 0 Å². The van der Waals surface area contributed by atoms with Crippen LogP contribution in [0.3, 0.4) is 0 Å². The van der Waals surface area contributed by atoms with Crippen LogP contribution in [0.2, 0.25) is 10.0 Å². The molecule has 0 atom stereocenters. The fraction of sp³-hybridized carbons (Fsp3) is 0.158. The summed E-state index contributed by atoms with van der Waals surface area (Å²) in [6.07, 6.45) is 0. The van der Waals surface area contributed by atoms with Crippen molar-refractivity contribution in [2.75, 3.05) is 5.32 Å². The van der Waals surface area contributed by atoms with Crippen LogP contribution in [0.15, 0.2) is 42.5 Å². The molecule has 0 radical (unpaired) electrons. The molecule has 3 aromatic rings. The average Bonchev–Trinajstić information content (AvgIpc) is 3.20. The minimum Gasteiger partial charge on any atom is -0.306 e. The molecule has 0 fully saturated rings. The molecule has 2 aromatic carbocycles. The molecule has 1 aliphatic rings. The number of hydrogen-bond acceptors (Lipinski definition) is 3. The Hall–Kier alpha value is -1.95. The molecule has 7 heteroatoms. The standard InChI is InChI=1S/C19H15Cl2N3OS/c1-11-4-2-3-5-17(11)24-18(14-9-26-10-16(14)23-24)22-19(25)13-8-12(20)6-7-15(13)21/h2-8H,9-10H2,1H3,(H,22,25). The van der Waals surface area contributed by atoms with Crippen molar-refractivity contribution in [3.63, 3.8) is 0 Å². The van der Waals surface area contributed by atoms with E-state index in [1.165, 1.54) is 0 Å². The first kappa shape index (κ1) is 17.5. The zero-order chi connectivity index (χ0) is 18.3. The number of thioether (sulfide) groups is 1. The van der Waals surface area contributed by atoms with Crippen LogP contribution in [0.25, 0.3) is 5.69 Å². The number of carbonyl (C=O) groups is 1. The van der Waals surface area contributed by atoms with Gasteiger partial charge in [0, 0.05) is 22.1 Å². The van der Waals surface area contributed by atoms with Gasteiger partial charge in [0.15, 0.2) is 0 Å². The highest BCUT2D eigenvalue weighted by atomic mass is 35.5. The van der Waals surface area contributed by atoms with Crippen LogP contribution in [0.5, 0.6) is 0 Å². The third-order valence-corrected chi connectivity index (χ3v) is 5.84. The van der Waals surface area contributed by atoms with Gasteiger partial charge < -0.3 is 5.32 Å². The molecule has 0 unspecified atom stereocenters. The Bertz CT molecular complexity index is 1020. The van der Waals surface area contributed by atoms with E-state index in [1.54, 1.807) is 30.0 Å². The highest BCUT2D eigenvalue weighted by Gasteiger charge is 2.26. The predicted molar refractivity (Wildman–Crippen MR) is 108 cm³/mol. The fourth-order valence-electron chi connectivity index (χ4n) is 2.96. The van der Waals surface area contributed by atoms with E-state index in [9.17, 15) is 4.79 Å². The lowest BCUT2D eigenvalue weighted by molar-refractivity contribution is 0.102. The summed E-state index contributed by atoms with van der Waals surface area (Å²) in [4.78, 5) is 12.9. The monoisotopic (exact) mass is 403 g/mol. The van der Waals surface area contributed by atoms with Crippen LogP contribution in [-0.4, -0.2) is 15.7 Å². The molecule has 0 aliphatic carbocycles. The van der Waals surface area contributed by atoms with Gasteiger partial charge in [0.2, 0.25) is 0 Å². The van der Waals surface area contributed by atoms with Gasteiger partial charge in [0.05, 0.1) is 22.0 Å². The largest absolute Gasteiger partial charge is 0.306 e. The van der Waals surface area contributed by atoms with Gasteiger partial charge in [0.1, 0.15) is 5.82 Å². The van der Waals surface area contributed by atoms with Crippen molar-refractivity contribution in [1.82, 2.24) is 9.78 Å². The van der Waals surface area contributed by atoms with E-state index >= 15 is 0 Å². The molecule has 0 bridgehead atoms. The van der Waals surface area contributed by atoms with Crippen LogP contribution in [0.4, 0.5) is 5.82 Å². The fourth-order valence-corrected chi connectivity index (χ4v) is 4.37. The van der Waals surface area contributed by atoms with Crippen molar-refractivity contribution in [1.29, 1.82) is 0 Å². The molecule has 4 rings (SSSR count). The number of carbonyl (C=O) groups excluding carboxylic acids is 1. The van der Waals surface area contributed by atoms with Gasteiger partial charge in [0.25, 0.3) is 5.91 Å². The number of anilines is 1. The summed E-state index contributed by atoms with van der Waals surface area (Å²) >= 11 is 14.0. The topological polar surface area (TPSA) is 46.9 Å². The number of para-hydroxylation sites is 1. The van der Waals surface area contributed by atoms with E-state index in [4.69, 9.17) is 28.3 Å². The third kappa shape index (κ3) is 3.11. The molecular weight excluding hydrogens is 389 g/mol. The number of nitrogens with zero attached hydrogens (tertiary/aromatic N) is 2. The van der Waals surface area contributed by atoms with Gasteiger partial charge in [-0.3, -0.25) is 4.79 Å². The molecule has 2 heterocycles. The van der Waals surface area contributed by atoms with E-state index in [-0.39, 0.29) is 5.91 Å². The molecule has 0 spiro atoms. The Kier molecular flexibility index (Phi) is 4.69. The zero-order valence-electron chi connectivity index (χ0n) is 13.9. The van der Waals surface area contributed by atoms with Crippen LogP contribution in [0.1, 0.15) is 27.2 Å². The van der Waals surface area contributed by atoms with Gasteiger partial charge >= 0.3 is 0 Å². The first-order chi connectivity index (χ1) is 12.5. The van der Waals surface area contributed by atoms with E-state index in [0.717, 1.165) is 34.0 Å². The van der Waals surface area contributed by atoms with Crippen molar-refractivity contribution in [2.45, 2.75) is 18.4 Å². The van der Waals surface area contributed by atoms with Crippen LogP contribution >= 0.6 is 35.0 Å². The van der Waals surface area contributed by atoms with Gasteiger partial charge in [-0.2, -0.15) is 16.9 Å². The smallest absolute Gasteiger partial charge is 0.258 e. The lowest BCUT2D eigenvalue weighted by Crippen LogP contribution is -2.17. The molecule has 1 aliphatic heterocycles. The highest BCUT2D eigenvalue weighted by Crippen LogP contribution is 2.37. The van der Waals surface area contributed by atoms with Gasteiger partial charge in [-0.25, -0.2) is 4.68 Å². The predicted octanol–water partition coefficient (Wildman–Crippen LogP) is 5.49. The number of aromatic nitrogens is 2. The van der Waals surface area contributed by atoms with Crippen molar-refractivity contribution in [2.24, 2.45) is 0 Å². The Balaban J connectivity index is 1.78. The number of nitrogens with one attached hydrogen (secondary N) is 1. The second-order valence-electron chi connectivity index (χ2n) is 6.04. The second kappa shape index (κ2) is 6.99. The molecule has 0 saturated heterocycles. The highest BCUT2D eigenvalue weighted by molar-refractivity contribution is 7.98. The molecule has 132 valence electrons. The third-order valence-electron chi connectivity index (χ3n) is 4.30. The lowest BCUT2D eigenvalue weighted by atomic mass is 10.2. The summed E-state index contributed by atoms with van der Waals surface area (Å²) < 4.78 is 1.82. The summed E-state index contributed by atoms with van der Waals surface area (Å²) in [5.41, 5.74) is 4.43. The van der Waals surface area contributed by atoms with E-state index in [0.29, 0.717) is 21.4 Å². The summed E-state index contributed by atoms with van der Waals surface area (Å²) in [6.45, 7) is 2.02. The van der Waals surface area contributed by atoms with Crippen LogP contribution in [-0.2, 0) is 11.5 Å². The SMILES string of the molecule is Cc1ccccc1-n1nc2c(c1NC(=O)c1cc(Cl)ccc1Cl)CSC2. The molecule has 1 N–H and O–H groups in total. The maximum atomic E-state index is 12.9. The minimum absolute atomic E-state index is 0.299. The maximum Gasteiger partial charge on any atom is 0.258 e. The molecule has 1 amide bonds. The normalized spacial score (nSPS) is 12.9. The number of rotatable bonds is 3. The minimum atomic E-state index is -0.299. The first-order valence-electron chi connectivity index (χ1n) is 8.05. The number of fused-ring (bicyclic) bond motifs is 1. The van der Waals surface area contributed by atoms with Gasteiger partial charge in [-0.05, 0) is 36.8 Å². The molecule has 4 nitrogen and oxygen atoms in total. The number of halogens is 2. The van der Waals surface area contributed by atoms with Gasteiger partial charge in [-0.1, -0.05) is 41.4 Å². The van der Waals surface area contributed by atoms with E-state index in [1.807, 2.05) is 35.9 Å². The molecule has 1 aromatic heterocycles. The van der Waals surface area contributed by atoms with E-state index in [2.05, 4.69) is 5.32 Å². The lowest BCUT2D eigenvalue weighted by Gasteiger charge is -2.13. The zero-order valence-corrected chi connectivity index (χ0v) is 16.3. The Morgan fingerprint density at radius 3 is 2.81 bits per heavy atom. The van der Waals surface area contributed by atoms with E-state index < -0.39 is 0 Å². The summed E-state index contributed by atoms with van der Waals surface area (Å²) in [6, 6.07) is 12.8. The summed E-state index contributed by atoms with van der Waals surface area (Å²) in [5, 5.41) is 8.56. The summed E-state index contributed by atoms with van der Waals surface area (Å²) in [7, 11) is 0. The Morgan fingerprint density at radius 2 is 2.00 bits per heavy atom. The first-order valence-corrected chi connectivity index (χ1v) is 9.96. The quantitative estimate of drug-likeness (QED) is 0.628. The van der Waals surface area contributed by atoms with Crippen LogP contribution < -0.4 is 5.32 Å². The van der Waals surface area contributed by atoms with Crippen molar-refractivity contribution in [3.05, 3.63) is 74.9 Å². The molecule has 0 saturated carbocycles. The molecular formula is C19H15Cl2N3OS. The number of hydrogen-bond donors (Lipinski definition) is 1. The van der Waals surface area contributed by atoms with Crippen LogP contribution in [0, 0.1) is 6.92 Å². The Morgan fingerprint density at radius 1 is 1.19 bits per heavy atom. The van der Waals surface area contributed by atoms with Crippen molar-refractivity contribution >= 4 is 46.7 Å². The second-order valence-corrected chi connectivity index (χ2v) is 7.87. The number of benzene rings is 2. The summed E-state index contributed by atoms with van der Waals surface area (Å²) in [5.74, 6) is 2.06. The van der Waals surface area contributed by atoms with Crippen molar-refractivity contribution in [3.8, 4) is 5.69 Å². The maximum absolute atomic E-state index is 12.9. The average molecular weight is 404 g/mol. The Labute approximate surface area is 165 Å². The van der Waals surface area contributed by atoms with Crippen molar-refractivity contribution < 1.29 is 4.79 Å². The number of aryl methyl sites for hydroxylation is 1. The molecule has 26 heavy (non-hydrogen) atoms.